The monoisotopic (exact) mass is 658 g/mol. The van der Waals surface area contributed by atoms with Gasteiger partial charge in [0.1, 0.15) is 11.5 Å². The molecular weight excluding hydrogens is 620 g/mol. The Kier molecular flexibility index (Phi) is 10.0. The number of carboxylic acid groups (broad SMARTS) is 1. The fourth-order valence-corrected chi connectivity index (χ4v) is 4.92. The number of nitrogens with zero attached hydrogens (tertiary/aromatic N) is 4. The Labute approximate surface area is 284 Å². The van der Waals surface area contributed by atoms with Crippen molar-refractivity contribution in [2.75, 3.05) is 19.6 Å². The van der Waals surface area contributed by atoms with Crippen LogP contribution >= 0.6 is 0 Å². The highest BCUT2D eigenvalue weighted by Gasteiger charge is 2.31. The molecule has 0 aliphatic heterocycles. The van der Waals surface area contributed by atoms with E-state index in [-0.39, 0.29) is 5.91 Å². The van der Waals surface area contributed by atoms with Crippen molar-refractivity contribution in [1.29, 1.82) is 0 Å². The van der Waals surface area contributed by atoms with Crippen LogP contribution in [0.15, 0.2) is 103 Å². The van der Waals surface area contributed by atoms with Crippen LogP contribution in [-0.2, 0) is 20.4 Å². The van der Waals surface area contributed by atoms with E-state index in [2.05, 4.69) is 31.0 Å². The highest BCUT2D eigenvalue weighted by Crippen LogP contribution is 2.29. The van der Waals surface area contributed by atoms with Crippen LogP contribution in [0.3, 0.4) is 0 Å². The Morgan fingerprint density at radius 2 is 1.22 bits per heavy atom. The Bertz CT molecular complexity index is 2100. The zero-order chi connectivity index (χ0) is 35.2. The molecule has 3 heterocycles. The maximum Gasteiger partial charge on any atom is 0.313 e. The molecule has 11 nitrogen and oxygen atoms in total. The molecule has 0 unspecified atom stereocenters. The lowest BCUT2D eigenvalue weighted by Gasteiger charge is -2.24. The molecule has 6 aromatic rings. The first-order chi connectivity index (χ1) is 23.4. The summed E-state index contributed by atoms with van der Waals surface area (Å²) in [6.07, 6.45) is 3.32. The van der Waals surface area contributed by atoms with Gasteiger partial charge in [-0.15, -0.1) is 10.2 Å². The molecular formula is C38H38N6O5. The number of benzene rings is 3. The van der Waals surface area contributed by atoms with E-state index >= 15 is 0 Å². The molecule has 0 aliphatic carbocycles. The van der Waals surface area contributed by atoms with E-state index in [0.717, 1.165) is 44.2 Å². The number of amides is 1. The van der Waals surface area contributed by atoms with Crippen LogP contribution in [0.2, 0.25) is 0 Å². The molecule has 1 amide bonds. The number of anilines is 1. The number of carbonyl (C=O) groups excluding carboxylic acids is 1. The van der Waals surface area contributed by atoms with Crippen LogP contribution in [0, 0.1) is 0 Å². The van der Waals surface area contributed by atoms with Crippen molar-refractivity contribution in [2.45, 2.75) is 38.5 Å². The maximum absolute atomic E-state index is 12.9. The molecule has 250 valence electrons. The van der Waals surface area contributed by atoms with Gasteiger partial charge in [-0.3, -0.25) is 30.4 Å². The van der Waals surface area contributed by atoms with Crippen LogP contribution in [0.25, 0.3) is 33.1 Å². The molecule has 0 saturated heterocycles. The minimum Gasteiger partial charge on any atom is -0.495 e. The Morgan fingerprint density at radius 3 is 1.71 bits per heavy atom. The largest absolute Gasteiger partial charge is 0.495 e. The first-order valence-corrected chi connectivity index (χ1v) is 15.5. The molecule has 0 saturated carbocycles. The first kappa shape index (κ1) is 34.2. The lowest BCUT2D eigenvalue weighted by Crippen LogP contribution is -2.43. The van der Waals surface area contributed by atoms with Crippen LogP contribution in [0.1, 0.15) is 38.8 Å². The van der Waals surface area contributed by atoms with Crippen molar-refractivity contribution >= 4 is 39.5 Å². The van der Waals surface area contributed by atoms with E-state index in [1.807, 2.05) is 92.7 Å². The van der Waals surface area contributed by atoms with Gasteiger partial charge in [-0.25, -0.2) is 0 Å². The molecule has 0 fully saturated rings. The smallest absolute Gasteiger partial charge is 0.313 e. The summed E-state index contributed by atoms with van der Waals surface area (Å²) in [5.74, 6) is 0.740. The fourth-order valence-electron chi connectivity index (χ4n) is 4.92. The highest BCUT2D eigenvalue weighted by atomic mass is 16.5. The fraction of sp³-hybridized carbons (Fsp3) is 0.211. The van der Waals surface area contributed by atoms with Gasteiger partial charge in [0.15, 0.2) is 5.82 Å². The molecule has 11 heteroatoms. The van der Waals surface area contributed by atoms with Gasteiger partial charge in [0.2, 0.25) is 5.91 Å². The van der Waals surface area contributed by atoms with Gasteiger partial charge in [0, 0.05) is 16.3 Å². The SMILES string of the molecule is COc1cnc2ccc(C(C)(C)C(=O)NNc3ccc(-c4ccccc4)nn3)cc2c1.COc1cnc2ccc(C(C)(C)C(=O)O)cc2c1. The number of methoxy groups -OCH3 is 2. The molecule has 49 heavy (non-hydrogen) atoms. The molecule has 6 rings (SSSR count). The number of carboxylic acids is 1. The standard InChI is InChI=1S/C24H23N5O2.C14H15NO3/c1-24(2,18-9-10-20-17(13-18)14-19(31-3)15-25-20)23(30)29-28-22-12-11-21(26-27-22)16-7-5-4-6-8-16;1-14(2,13(16)17)10-4-5-12-9(6-10)7-11(18-3)8-15-12/h4-15H,1-3H3,(H,27,28)(H,29,30);4-8H,1-3H3,(H,16,17). The van der Waals surface area contributed by atoms with Crippen LogP contribution in [0.4, 0.5) is 5.82 Å². The van der Waals surface area contributed by atoms with E-state index in [1.54, 1.807) is 52.6 Å². The van der Waals surface area contributed by atoms with E-state index in [0.29, 0.717) is 17.3 Å². The average molecular weight is 659 g/mol. The van der Waals surface area contributed by atoms with E-state index in [1.165, 1.54) is 0 Å². The average Bonchev–Trinajstić information content (AvgIpc) is 3.13. The Hall–Kier alpha value is -6.10. The predicted octanol–water partition coefficient (Wildman–Crippen LogP) is 6.73. The summed E-state index contributed by atoms with van der Waals surface area (Å²) < 4.78 is 10.4. The number of aliphatic carboxylic acids is 1. The molecule has 0 radical (unpaired) electrons. The molecule has 0 atom stereocenters. The highest BCUT2D eigenvalue weighted by molar-refractivity contribution is 5.90. The van der Waals surface area contributed by atoms with Crippen molar-refractivity contribution in [3.8, 4) is 22.8 Å². The molecule has 0 spiro atoms. The zero-order valence-corrected chi connectivity index (χ0v) is 28.2. The van der Waals surface area contributed by atoms with Crippen LogP contribution in [0.5, 0.6) is 11.5 Å². The number of nitrogens with one attached hydrogen (secondary N) is 2. The van der Waals surface area contributed by atoms with Gasteiger partial charge in [0.05, 0.1) is 54.2 Å². The minimum atomic E-state index is -0.919. The predicted molar refractivity (Wildman–Crippen MR) is 190 cm³/mol. The van der Waals surface area contributed by atoms with Gasteiger partial charge >= 0.3 is 5.97 Å². The third-order valence-electron chi connectivity index (χ3n) is 8.37. The number of pyridine rings is 2. The summed E-state index contributed by atoms with van der Waals surface area (Å²) in [4.78, 5) is 32.8. The van der Waals surface area contributed by atoms with Gasteiger partial charge in [-0.2, -0.15) is 0 Å². The molecule has 0 bridgehead atoms. The zero-order valence-electron chi connectivity index (χ0n) is 28.2. The second-order valence-electron chi connectivity index (χ2n) is 12.4. The topological polar surface area (TPSA) is 148 Å². The number of hydrazine groups is 1. The summed E-state index contributed by atoms with van der Waals surface area (Å²) in [6, 6.07) is 28.4. The van der Waals surface area contributed by atoms with Gasteiger partial charge in [-0.05, 0) is 87.4 Å². The number of rotatable bonds is 9. The number of fused-ring (bicyclic) bond motifs is 2. The van der Waals surface area contributed by atoms with E-state index < -0.39 is 16.8 Å². The van der Waals surface area contributed by atoms with Crippen molar-refractivity contribution in [2.24, 2.45) is 0 Å². The summed E-state index contributed by atoms with van der Waals surface area (Å²) in [5.41, 5.74) is 8.89. The molecule has 3 aromatic heterocycles. The number of aromatic nitrogens is 4. The summed E-state index contributed by atoms with van der Waals surface area (Å²) in [6.45, 7) is 7.10. The van der Waals surface area contributed by atoms with Gasteiger partial charge in [0.25, 0.3) is 0 Å². The van der Waals surface area contributed by atoms with Gasteiger partial charge in [-0.1, -0.05) is 42.5 Å². The quantitative estimate of drug-likeness (QED) is 0.143. The summed E-state index contributed by atoms with van der Waals surface area (Å²) in [5, 5.41) is 19.4. The molecule has 3 aromatic carbocycles. The third-order valence-corrected chi connectivity index (χ3v) is 8.37. The number of carbonyl (C=O) groups is 2. The summed E-state index contributed by atoms with van der Waals surface area (Å²) in [7, 11) is 3.18. The molecule has 3 N–H and O–H groups in total. The number of hydrogen-bond donors (Lipinski definition) is 3. The van der Waals surface area contributed by atoms with Crippen molar-refractivity contribution in [3.63, 3.8) is 0 Å². The second kappa shape index (κ2) is 14.3. The van der Waals surface area contributed by atoms with Crippen molar-refractivity contribution < 1.29 is 24.2 Å². The Morgan fingerprint density at radius 1 is 0.673 bits per heavy atom. The third kappa shape index (κ3) is 7.73. The minimum absolute atomic E-state index is 0.198. The second-order valence-corrected chi connectivity index (χ2v) is 12.4. The summed E-state index contributed by atoms with van der Waals surface area (Å²) >= 11 is 0. The maximum atomic E-state index is 12.9. The van der Waals surface area contributed by atoms with Crippen molar-refractivity contribution in [3.05, 3.63) is 115 Å². The first-order valence-electron chi connectivity index (χ1n) is 15.5. The molecule has 0 aliphatic rings. The van der Waals surface area contributed by atoms with Gasteiger partial charge < -0.3 is 14.6 Å². The van der Waals surface area contributed by atoms with E-state index in [4.69, 9.17) is 9.47 Å². The number of hydrogen-bond acceptors (Lipinski definition) is 9. The normalized spacial score (nSPS) is 11.3. The lowest BCUT2D eigenvalue weighted by molar-refractivity contribution is -0.142. The van der Waals surface area contributed by atoms with Crippen LogP contribution in [-0.4, -0.2) is 51.4 Å². The Balaban J connectivity index is 0.000000221. The van der Waals surface area contributed by atoms with E-state index in [9.17, 15) is 14.7 Å². The van der Waals surface area contributed by atoms with Crippen molar-refractivity contribution in [1.82, 2.24) is 25.6 Å². The van der Waals surface area contributed by atoms with Crippen LogP contribution < -0.4 is 20.3 Å². The number of ether oxygens (including phenoxy) is 2. The lowest BCUT2D eigenvalue weighted by atomic mass is 9.83.